The molecule has 0 aromatic carbocycles. The molecule has 0 unspecified atom stereocenters. The van der Waals surface area contributed by atoms with Gasteiger partial charge in [-0.1, -0.05) is 0 Å². The van der Waals surface area contributed by atoms with Gasteiger partial charge in [0, 0.05) is 38.2 Å². The largest absolute Gasteiger partial charge is 0.481 e. The van der Waals surface area contributed by atoms with Crippen molar-refractivity contribution < 1.29 is 44.3 Å². The van der Waals surface area contributed by atoms with E-state index in [0.29, 0.717) is 12.8 Å². The van der Waals surface area contributed by atoms with Crippen LogP contribution in [0.3, 0.4) is 0 Å². The average Bonchev–Trinajstić information content (AvgIpc) is 2.86. The van der Waals surface area contributed by atoms with Crippen molar-refractivity contribution in [2.75, 3.05) is 13.2 Å². The number of hydrogen-bond donors (Lipinski definition) is 4. The number of unbranched alkanes of at least 4 members (excludes halogenated alkanes) is 2. The highest BCUT2D eigenvalue weighted by Gasteiger charge is 2.10. The quantitative estimate of drug-likeness (QED) is 0.274. The molecular weight excluding hydrogens is 312 g/mol. The minimum atomic E-state index is -0.870. The number of esters is 2. The number of hydrogen-bond acceptors (Lipinski definition) is 7. The molecule has 9 heteroatoms. The zero-order valence-corrected chi connectivity index (χ0v) is 12.6. The van der Waals surface area contributed by atoms with Crippen LogP contribution < -0.4 is 0 Å². The van der Waals surface area contributed by atoms with Gasteiger partial charge in [-0.3, -0.25) is 9.59 Å². The van der Waals surface area contributed by atoms with Gasteiger partial charge < -0.3 is 25.2 Å². The van der Waals surface area contributed by atoms with Crippen LogP contribution in [0.15, 0.2) is 12.2 Å². The maximum atomic E-state index is 9.92. The zero-order chi connectivity index (χ0) is 18.1. The van der Waals surface area contributed by atoms with Gasteiger partial charge in [0.1, 0.15) is 0 Å². The van der Waals surface area contributed by atoms with Crippen LogP contribution in [0.2, 0.25) is 0 Å². The Kier molecular flexibility index (Phi) is 16.1. The average molecular weight is 334 g/mol. The maximum Gasteiger partial charge on any atom is 0.338 e. The van der Waals surface area contributed by atoms with Gasteiger partial charge in [-0.2, -0.15) is 0 Å². The van der Waals surface area contributed by atoms with Crippen molar-refractivity contribution in [3.05, 3.63) is 12.2 Å². The number of carboxylic acids is 2. The van der Waals surface area contributed by atoms with E-state index >= 15 is 0 Å². The summed E-state index contributed by atoms with van der Waals surface area (Å²) in [6.45, 7) is 0.390. The van der Waals surface area contributed by atoms with Crippen molar-refractivity contribution in [2.24, 2.45) is 0 Å². The van der Waals surface area contributed by atoms with Gasteiger partial charge in [0.05, 0.1) is 0 Å². The number of carbonyl (C=O) groups is 4. The summed E-state index contributed by atoms with van der Waals surface area (Å²) < 4.78 is 3.97. The summed E-state index contributed by atoms with van der Waals surface area (Å²) in [6, 6.07) is 0. The Labute approximate surface area is 133 Å². The van der Waals surface area contributed by atoms with E-state index in [-0.39, 0.29) is 26.1 Å². The molecule has 4 N–H and O–H groups in total. The van der Waals surface area contributed by atoms with E-state index in [4.69, 9.17) is 20.4 Å². The lowest BCUT2D eigenvalue weighted by molar-refractivity contribution is -0.150. The maximum absolute atomic E-state index is 9.92. The molecule has 9 nitrogen and oxygen atoms in total. The van der Waals surface area contributed by atoms with Crippen molar-refractivity contribution in [2.45, 2.75) is 38.5 Å². The van der Waals surface area contributed by atoms with E-state index in [9.17, 15) is 19.2 Å². The van der Waals surface area contributed by atoms with Crippen molar-refractivity contribution in [1.82, 2.24) is 0 Å². The number of aliphatic hydroxyl groups is 2. The first kappa shape index (κ1) is 23.0. The van der Waals surface area contributed by atoms with E-state index < -0.39 is 23.9 Å². The second-order valence-electron chi connectivity index (χ2n) is 4.22. The number of carbonyl (C=O) groups excluding carboxylic acids is 2. The molecule has 1 aliphatic rings. The highest BCUT2D eigenvalue weighted by molar-refractivity contribution is 6.04. The number of carboxylic acid groups (broad SMARTS) is 2. The highest BCUT2D eigenvalue weighted by atomic mass is 16.6. The smallest absolute Gasteiger partial charge is 0.338 e. The van der Waals surface area contributed by atoms with E-state index in [0.717, 1.165) is 25.0 Å². The Hall–Kier alpha value is -2.26. The second-order valence-corrected chi connectivity index (χ2v) is 4.22. The summed E-state index contributed by atoms with van der Waals surface area (Å²) in [5.41, 5.74) is 0. The fraction of sp³-hybridized carbons (Fsp3) is 0.571. The molecule has 0 radical (unpaired) electrons. The molecule has 0 aliphatic carbocycles. The van der Waals surface area contributed by atoms with Crippen LogP contribution >= 0.6 is 0 Å². The van der Waals surface area contributed by atoms with Gasteiger partial charge in [-0.25, -0.2) is 9.59 Å². The minimum Gasteiger partial charge on any atom is -0.481 e. The fourth-order valence-corrected chi connectivity index (χ4v) is 1.08. The van der Waals surface area contributed by atoms with Crippen molar-refractivity contribution in [3.8, 4) is 0 Å². The monoisotopic (exact) mass is 334 g/mol. The number of rotatable bonds is 8. The van der Waals surface area contributed by atoms with Crippen LogP contribution in [-0.2, 0) is 23.9 Å². The van der Waals surface area contributed by atoms with Gasteiger partial charge in [0.25, 0.3) is 0 Å². The predicted molar refractivity (Wildman–Crippen MR) is 77.4 cm³/mol. The molecule has 0 amide bonds. The Bertz CT molecular complexity index is 365. The molecule has 0 fully saturated rings. The Morgan fingerprint density at radius 2 is 1.13 bits per heavy atom. The summed E-state index contributed by atoms with van der Waals surface area (Å²) in [6.07, 6.45) is 4.63. The lowest BCUT2D eigenvalue weighted by atomic mass is 10.2. The Balaban J connectivity index is 0. The zero-order valence-electron chi connectivity index (χ0n) is 12.6. The van der Waals surface area contributed by atoms with E-state index in [1.54, 1.807) is 0 Å². The number of ether oxygens (including phenoxy) is 1. The normalized spacial score (nSPS) is 11.7. The molecule has 0 saturated heterocycles. The molecule has 0 aromatic rings. The third kappa shape index (κ3) is 22.2. The lowest BCUT2D eigenvalue weighted by Gasteiger charge is -1.92. The number of cyclic esters (lactones) is 2. The molecule has 1 rings (SSSR count). The molecule has 0 spiro atoms. The molecule has 0 aromatic heterocycles. The molecular formula is C14H22O9. The second kappa shape index (κ2) is 16.1. The van der Waals surface area contributed by atoms with Crippen LogP contribution in [0, 0.1) is 0 Å². The summed E-state index contributed by atoms with van der Waals surface area (Å²) in [5, 5.41) is 32.4. The van der Waals surface area contributed by atoms with Crippen LogP contribution in [-0.4, -0.2) is 57.5 Å². The van der Waals surface area contributed by atoms with Gasteiger partial charge in [-0.15, -0.1) is 0 Å². The van der Waals surface area contributed by atoms with Crippen molar-refractivity contribution in [1.29, 1.82) is 0 Å². The number of aliphatic hydroxyl groups excluding tert-OH is 2. The third-order valence-corrected chi connectivity index (χ3v) is 2.15. The fourth-order valence-electron chi connectivity index (χ4n) is 1.08. The van der Waals surface area contributed by atoms with Crippen LogP contribution in [0.25, 0.3) is 0 Å². The molecule has 0 bridgehead atoms. The first-order valence-corrected chi connectivity index (χ1v) is 6.92. The van der Waals surface area contributed by atoms with Gasteiger partial charge in [0.15, 0.2) is 0 Å². The first-order chi connectivity index (χ1) is 10.8. The van der Waals surface area contributed by atoms with E-state index in [1.165, 1.54) is 0 Å². The molecule has 0 atom stereocenters. The van der Waals surface area contributed by atoms with E-state index in [1.807, 2.05) is 0 Å². The Morgan fingerprint density at radius 3 is 1.30 bits per heavy atom. The molecule has 0 saturated carbocycles. The van der Waals surface area contributed by atoms with E-state index in [2.05, 4.69) is 4.74 Å². The van der Waals surface area contributed by atoms with Crippen LogP contribution in [0.1, 0.15) is 38.5 Å². The van der Waals surface area contributed by atoms with Gasteiger partial charge in [-0.05, 0) is 25.7 Å². The minimum absolute atomic E-state index is 0.0628. The highest BCUT2D eigenvalue weighted by Crippen LogP contribution is 1.98. The van der Waals surface area contributed by atoms with Crippen LogP contribution in [0.4, 0.5) is 0 Å². The third-order valence-electron chi connectivity index (χ3n) is 2.15. The Morgan fingerprint density at radius 1 is 0.783 bits per heavy atom. The predicted octanol–water partition coefficient (Wildman–Crippen LogP) is 0.0932. The summed E-state index contributed by atoms with van der Waals surface area (Å²) in [7, 11) is 0. The standard InChI is InChI=1S/C6H10O4.C4H2O3.C4H10O2/c7-5(8)3-1-2-4-6(9)10;5-3-1-2-4(6)7-3;5-3-1-2-4-6/h1-4H2,(H,7,8)(H,9,10);1-2H;5-6H,1-4H2. The molecule has 1 aliphatic heterocycles. The SMILES string of the molecule is O=C(O)CCCCC(=O)O.O=C1C=CC(=O)O1.OCCCCO. The molecule has 23 heavy (non-hydrogen) atoms. The summed E-state index contributed by atoms with van der Waals surface area (Å²) in [5.74, 6) is -2.90. The molecule has 132 valence electrons. The van der Waals surface area contributed by atoms with Gasteiger partial charge >= 0.3 is 23.9 Å². The van der Waals surface area contributed by atoms with Gasteiger partial charge in [0.2, 0.25) is 0 Å². The first-order valence-electron chi connectivity index (χ1n) is 6.92. The summed E-state index contributed by atoms with van der Waals surface area (Å²) in [4.78, 5) is 39.6. The number of aliphatic carboxylic acids is 2. The summed E-state index contributed by atoms with van der Waals surface area (Å²) >= 11 is 0. The topological polar surface area (TPSA) is 158 Å². The van der Waals surface area contributed by atoms with Crippen LogP contribution in [0.5, 0.6) is 0 Å². The van der Waals surface area contributed by atoms with Crippen molar-refractivity contribution in [3.63, 3.8) is 0 Å². The lowest BCUT2D eigenvalue weighted by Crippen LogP contribution is -1.97. The molecule has 1 heterocycles. The van der Waals surface area contributed by atoms with Crippen molar-refractivity contribution >= 4 is 23.9 Å².